The smallest absolute Gasteiger partial charge is 0.258 e. The van der Waals surface area contributed by atoms with Gasteiger partial charge in [0.2, 0.25) is 10.0 Å². The minimum Gasteiger partial charge on any atom is -0.308 e. The number of aryl methyl sites for hydroxylation is 1. The van der Waals surface area contributed by atoms with Gasteiger partial charge in [0.05, 0.1) is 4.90 Å². The lowest BCUT2D eigenvalue weighted by molar-refractivity contribution is 0.0989. The molecule has 5 nitrogen and oxygen atoms in total. The van der Waals surface area contributed by atoms with Gasteiger partial charge in [0.15, 0.2) is 0 Å². The first-order valence-corrected chi connectivity index (χ1v) is 9.19. The predicted octanol–water partition coefficient (Wildman–Crippen LogP) is 2.45. The molecule has 0 fully saturated rings. The number of sulfonamides is 1. The van der Waals surface area contributed by atoms with Gasteiger partial charge in [0, 0.05) is 31.9 Å². The lowest BCUT2D eigenvalue weighted by Crippen LogP contribution is -2.28. The number of anilines is 1. The van der Waals surface area contributed by atoms with Gasteiger partial charge in [-0.25, -0.2) is 12.7 Å². The summed E-state index contributed by atoms with van der Waals surface area (Å²) in [5, 5.41) is 0. The van der Waals surface area contributed by atoms with Crippen LogP contribution in [0, 0.1) is 6.92 Å². The normalized spacial score (nSPS) is 14.1. The molecule has 126 valence electrons. The Balaban J connectivity index is 1.93. The van der Waals surface area contributed by atoms with Crippen LogP contribution in [0.4, 0.5) is 5.69 Å². The number of amides is 1. The summed E-state index contributed by atoms with van der Waals surface area (Å²) in [7, 11) is -0.444. The Morgan fingerprint density at radius 3 is 2.38 bits per heavy atom. The summed E-state index contributed by atoms with van der Waals surface area (Å²) >= 11 is 0. The molecular weight excluding hydrogens is 324 g/mol. The summed E-state index contributed by atoms with van der Waals surface area (Å²) in [6, 6.07) is 12.4. The van der Waals surface area contributed by atoms with E-state index in [4.69, 9.17) is 0 Å². The van der Waals surface area contributed by atoms with Gasteiger partial charge < -0.3 is 4.90 Å². The Morgan fingerprint density at radius 2 is 1.75 bits per heavy atom. The Bertz CT molecular complexity index is 887. The molecule has 2 aromatic rings. The van der Waals surface area contributed by atoms with E-state index < -0.39 is 10.0 Å². The molecule has 0 aliphatic carbocycles. The number of nitrogens with zero attached hydrogens (tertiary/aromatic N) is 2. The zero-order chi connectivity index (χ0) is 17.5. The van der Waals surface area contributed by atoms with Crippen molar-refractivity contribution in [1.82, 2.24) is 4.31 Å². The Labute approximate surface area is 142 Å². The van der Waals surface area contributed by atoms with Crippen LogP contribution in [0.2, 0.25) is 0 Å². The number of benzene rings is 2. The van der Waals surface area contributed by atoms with Crippen molar-refractivity contribution in [3.63, 3.8) is 0 Å². The SMILES string of the molecule is Cc1ccc(C(=O)N2CCc3cc(S(=O)(=O)N(C)C)ccc32)cc1. The molecule has 6 heteroatoms. The number of carbonyl (C=O) groups excluding carboxylic acids is 1. The first-order chi connectivity index (χ1) is 11.3. The third-order valence-corrected chi connectivity index (χ3v) is 6.08. The van der Waals surface area contributed by atoms with Gasteiger partial charge in [0.1, 0.15) is 0 Å². The first-order valence-electron chi connectivity index (χ1n) is 7.74. The minimum absolute atomic E-state index is 0.0584. The summed E-state index contributed by atoms with van der Waals surface area (Å²) in [4.78, 5) is 14.7. The summed E-state index contributed by atoms with van der Waals surface area (Å²) < 4.78 is 25.7. The summed E-state index contributed by atoms with van der Waals surface area (Å²) in [5.41, 5.74) is 3.42. The number of hydrogen-bond acceptors (Lipinski definition) is 3. The van der Waals surface area contributed by atoms with Gasteiger partial charge >= 0.3 is 0 Å². The van der Waals surface area contributed by atoms with Crippen molar-refractivity contribution >= 4 is 21.6 Å². The van der Waals surface area contributed by atoms with Gasteiger partial charge in [-0.05, 0) is 49.2 Å². The largest absolute Gasteiger partial charge is 0.308 e. The highest BCUT2D eigenvalue weighted by atomic mass is 32.2. The fraction of sp³-hybridized carbons (Fsp3) is 0.278. The zero-order valence-electron chi connectivity index (χ0n) is 14.0. The molecule has 2 aromatic carbocycles. The van der Waals surface area contributed by atoms with Crippen LogP contribution in [0.3, 0.4) is 0 Å². The van der Waals surface area contributed by atoms with Gasteiger partial charge in [-0.15, -0.1) is 0 Å². The van der Waals surface area contributed by atoms with E-state index in [1.54, 1.807) is 23.1 Å². The van der Waals surface area contributed by atoms with Crippen molar-refractivity contribution in [3.05, 3.63) is 59.2 Å². The van der Waals surface area contributed by atoms with Crippen LogP contribution in [0.25, 0.3) is 0 Å². The molecule has 1 amide bonds. The van der Waals surface area contributed by atoms with Gasteiger partial charge in [-0.1, -0.05) is 17.7 Å². The maximum Gasteiger partial charge on any atom is 0.258 e. The van der Waals surface area contributed by atoms with Crippen LogP contribution in [0.15, 0.2) is 47.4 Å². The molecule has 3 rings (SSSR count). The molecule has 1 heterocycles. The molecule has 0 N–H and O–H groups in total. The minimum atomic E-state index is -3.46. The van der Waals surface area contributed by atoms with E-state index in [0.717, 1.165) is 16.8 Å². The molecule has 0 radical (unpaired) electrons. The van der Waals surface area contributed by atoms with E-state index in [9.17, 15) is 13.2 Å². The Kier molecular flexibility index (Phi) is 4.19. The highest BCUT2D eigenvalue weighted by molar-refractivity contribution is 7.89. The molecule has 0 aromatic heterocycles. The maximum atomic E-state index is 12.7. The molecule has 0 bridgehead atoms. The van der Waals surface area contributed by atoms with Crippen molar-refractivity contribution in [1.29, 1.82) is 0 Å². The summed E-state index contributed by atoms with van der Waals surface area (Å²) in [6.07, 6.45) is 0.656. The van der Waals surface area contributed by atoms with Crippen molar-refractivity contribution < 1.29 is 13.2 Å². The van der Waals surface area contributed by atoms with Gasteiger partial charge in [-0.2, -0.15) is 0 Å². The van der Waals surface area contributed by atoms with E-state index in [1.807, 2.05) is 31.2 Å². The third-order valence-electron chi connectivity index (χ3n) is 4.27. The van der Waals surface area contributed by atoms with Crippen molar-refractivity contribution in [3.8, 4) is 0 Å². The molecule has 1 aliphatic heterocycles. The fourth-order valence-electron chi connectivity index (χ4n) is 2.81. The standard InChI is InChI=1S/C18H20N2O3S/c1-13-4-6-14(7-5-13)18(21)20-11-10-15-12-16(8-9-17(15)20)24(22,23)19(2)3/h4-9,12H,10-11H2,1-3H3. The molecule has 0 atom stereocenters. The van der Waals surface area contributed by atoms with Crippen LogP contribution < -0.4 is 4.90 Å². The number of carbonyl (C=O) groups is 1. The Hall–Kier alpha value is -2.18. The molecule has 0 saturated carbocycles. The predicted molar refractivity (Wildman–Crippen MR) is 93.9 cm³/mol. The molecule has 0 unspecified atom stereocenters. The average molecular weight is 344 g/mol. The molecular formula is C18H20N2O3S. The number of fused-ring (bicyclic) bond motifs is 1. The second-order valence-corrected chi connectivity index (χ2v) is 8.30. The quantitative estimate of drug-likeness (QED) is 0.859. The second kappa shape index (κ2) is 6.03. The number of hydrogen-bond donors (Lipinski definition) is 0. The second-order valence-electron chi connectivity index (χ2n) is 6.15. The number of rotatable bonds is 3. The lowest BCUT2D eigenvalue weighted by Gasteiger charge is -2.18. The van der Waals surface area contributed by atoms with Crippen LogP contribution in [0.5, 0.6) is 0 Å². The fourth-order valence-corrected chi connectivity index (χ4v) is 3.77. The highest BCUT2D eigenvalue weighted by Gasteiger charge is 2.27. The monoisotopic (exact) mass is 344 g/mol. The molecule has 0 saturated heterocycles. The van der Waals surface area contributed by atoms with Crippen molar-refractivity contribution in [2.45, 2.75) is 18.2 Å². The van der Waals surface area contributed by atoms with Crippen molar-refractivity contribution in [2.75, 3.05) is 25.5 Å². The Morgan fingerprint density at radius 1 is 1.08 bits per heavy atom. The summed E-state index contributed by atoms with van der Waals surface area (Å²) in [6.45, 7) is 2.54. The van der Waals surface area contributed by atoms with Gasteiger partial charge in [0.25, 0.3) is 5.91 Å². The topological polar surface area (TPSA) is 57.7 Å². The highest BCUT2D eigenvalue weighted by Crippen LogP contribution is 2.31. The van der Waals surface area contributed by atoms with Crippen LogP contribution >= 0.6 is 0 Å². The molecule has 24 heavy (non-hydrogen) atoms. The molecule has 1 aliphatic rings. The lowest BCUT2D eigenvalue weighted by atomic mass is 10.1. The zero-order valence-corrected chi connectivity index (χ0v) is 14.8. The summed E-state index contributed by atoms with van der Waals surface area (Å²) in [5.74, 6) is -0.0584. The van der Waals surface area contributed by atoms with Crippen LogP contribution in [-0.4, -0.2) is 39.3 Å². The molecule has 0 spiro atoms. The average Bonchev–Trinajstić information content (AvgIpc) is 2.97. The van der Waals surface area contributed by atoms with Crippen LogP contribution in [0.1, 0.15) is 21.5 Å². The first kappa shape index (κ1) is 16.7. The van der Waals surface area contributed by atoms with E-state index in [2.05, 4.69) is 0 Å². The van der Waals surface area contributed by atoms with E-state index >= 15 is 0 Å². The van der Waals surface area contributed by atoms with Crippen molar-refractivity contribution in [2.24, 2.45) is 0 Å². The van der Waals surface area contributed by atoms with E-state index in [1.165, 1.54) is 18.4 Å². The van der Waals surface area contributed by atoms with E-state index in [0.29, 0.717) is 18.5 Å². The third kappa shape index (κ3) is 2.83. The van der Waals surface area contributed by atoms with Gasteiger partial charge in [-0.3, -0.25) is 4.79 Å². The maximum absolute atomic E-state index is 12.7. The van der Waals surface area contributed by atoms with Crippen LogP contribution in [-0.2, 0) is 16.4 Å². The van der Waals surface area contributed by atoms with E-state index in [-0.39, 0.29) is 10.8 Å².